The fourth-order valence-electron chi connectivity index (χ4n) is 2.98. The Morgan fingerprint density at radius 2 is 2.15 bits per heavy atom. The summed E-state index contributed by atoms with van der Waals surface area (Å²) in [6, 6.07) is 12.2. The second kappa shape index (κ2) is 10.3. The number of rotatable bonds is 7. The summed E-state index contributed by atoms with van der Waals surface area (Å²) in [7, 11) is 1.79. The zero-order chi connectivity index (χ0) is 17.5. The first-order valence-electron chi connectivity index (χ1n) is 8.87. The Labute approximate surface area is 160 Å². The number of nitrogens with zero attached hydrogens (tertiary/aromatic N) is 3. The third kappa shape index (κ3) is 5.56. The topological polar surface area (TPSA) is 59.4 Å². The molecule has 1 amide bonds. The third-order valence-electron chi connectivity index (χ3n) is 4.50. The van der Waals surface area contributed by atoms with Crippen LogP contribution in [0.2, 0.25) is 0 Å². The minimum absolute atomic E-state index is 0. The van der Waals surface area contributed by atoms with Crippen molar-refractivity contribution in [2.75, 3.05) is 33.3 Å². The molecular formula is C19H27ClN4O2. The lowest BCUT2D eigenvalue weighted by Gasteiger charge is -2.23. The highest BCUT2D eigenvalue weighted by molar-refractivity contribution is 5.92. The van der Waals surface area contributed by atoms with Crippen molar-refractivity contribution in [3.8, 4) is 0 Å². The summed E-state index contributed by atoms with van der Waals surface area (Å²) in [6.45, 7) is 3.59. The summed E-state index contributed by atoms with van der Waals surface area (Å²) < 4.78 is 7.56. The van der Waals surface area contributed by atoms with Crippen LogP contribution >= 0.6 is 12.4 Å². The van der Waals surface area contributed by atoms with E-state index in [0.29, 0.717) is 31.5 Å². The second-order valence-electron chi connectivity index (χ2n) is 6.45. The largest absolute Gasteiger partial charge is 0.375 e. The first kappa shape index (κ1) is 20.4. The van der Waals surface area contributed by atoms with Gasteiger partial charge in [-0.2, -0.15) is 5.10 Å². The Bertz CT molecular complexity index is 671. The molecule has 0 radical (unpaired) electrons. The van der Waals surface area contributed by atoms with Crippen molar-refractivity contribution < 1.29 is 9.53 Å². The van der Waals surface area contributed by atoms with Gasteiger partial charge >= 0.3 is 0 Å². The highest BCUT2D eigenvalue weighted by atomic mass is 35.5. The lowest BCUT2D eigenvalue weighted by Crippen LogP contribution is -2.33. The Morgan fingerprint density at radius 1 is 1.35 bits per heavy atom. The fraction of sp³-hybridized carbons (Fsp3) is 0.474. The Balaban J connectivity index is 0.00000243. The van der Waals surface area contributed by atoms with Gasteiger partial charge in [0.05, 0.1) is 19.3 Å². The quantitative estimate of drug-likeness (QED) is 0.752. The predicted molar refractivity (Wildman–Crippen MR) is 104 cm³/mol. The molecular weight excluding hydrogens is 352 g/mol. The van der Waals surface area contributed by atoms with Crippen molar-refractivity contribution in [2.24, 2.45) is 0 Å². The van der Waals surface area contributed by atoms with Crippen LogP contribution in [0.5, 0.6) is 0 Å². The van der Waals surface area contributed by atoms with Gasteiger partial charge in [-0.05, 0) is 31.0 Å². The molecule has 2 heterocycles. The van der Waals surface area contributed by atoms with Crippen LogP contribution in [0.25, 0.3) is 0 Å². The molecule has 1 unspecified atom stereocenters. The molecule has 1 N–H and O–H groups in total. The first-order chi connectivity index (χ1) is 12.2. The van der Waals surface area contributed by atoms with Gasteiger partial charge in [-0.3, -0.25) is 9.48 Å². The maximum absolute atomic E-state index is 12.5. The minimum Gasteiger partial charge on any atom is -0.375 e. The van der Waals surface area contributed by atoms with E-state index in [1.165, 1.54) is 0 Å². The maximum atomic E-state index is 12.5. The number of carbonyl (C=O) groups excluding carboxylic acids is 1. The SMILES string of the molecule is CN(CCOCc1ccccc1)C(=O)c1ccn(C2CCCNC2)n1.Cl. The van der Waals surface area contributed by atoms with Crippen LogP contribution in [0.1, 0.15) is 34.9 Å². The van der Waals surface area contributed by atoms with E-state index in [9.17, 15) is 4.79 Å². The predicted octanol–water partition coefficient (Wildman–Crippen LogP) is 2.52. The number of hydrogen-bond donors (Lipinski definition) is 1. The van der Waals surface area contributed by atoms with E-state index in [2.05, 4.69) is 10.4 Å². The number of aromatic nitrogens is 2. The van der Waals surface area contributed by atoms with Crippen LogP contribution in [0.4, 0.5) is 0 Å². The summed E-state index contributed by atoms with van der Waals surface area (Å²) >= 11 is 0. The lowest BCUT2D eigenvalue weighted by atomic mass is 10.1. The molecule has 0 bridgehead atoms. The van der Waals surface area contributed by atoms with Crippen LogP contribution in [0, 0.1) is 0 Å². The highest BCUT2D eigenvalue weighted by Gasteiger charge is 2.19. The molecule has 6 nitrogen and oxygen atoms in total. The Kier molecular flexibility index (Phi) is 8.09. The summed E-state index contributed by atoms with van der Waals surface area (Å²) in [5.74, 6) is -0.0640. The number of amides is 1. The van der Waals surface area contributed by atoms with E-state index in [1.807, 2.05) is 41.2 Å². The number of likely N-dealkylation sites (N-methyl/N-ethyl adjacent to an activating group) is 1. The molecule has 142 valence electrons. The molecule has 2 aromatic rings. The van der Waals surface area contributed by atoms with Crippen LogP contribution in [-0.2, 0) is 11.3 Å². The first-order valence-corrected chi connectivity index (χ1v) is 8.87. The van der Waals surface area contributed by atoms with Crippen molar-refractivity contribution in [2.45, 2.75) is 25.5 Å². The number of nitrogens with one attached hydrogen (secondary N) is 1. The van der Waals surface area contributed by atoms with Crippen molar-refractivity contribution in [3.05, 3.63) is 53.9 Å². The molecule has 1 aliphatic heterocycles. The monoisotopic (exact) mass is 378 g/mol. The molecule has 1 atom stereocenters. The van der Waals surface area contributed by atoms with Gasteiger partial charge in [0, 0.05) is 26.3 Å². The molecule has 1 aromatic heterocycles. The normalized spacial score (nSPS) is 16.7. The summed E-state index contributed by atoms with van der Waals surface area (Å²) in [5, 5.41) is 7.85. The standard InChI is InChI=1S/C19H26N4O2.ClH/c1-22(12-13-25-15-16-6-3-2-4-7-16)19(24)18-9-11-23(21-18)17-8-5-10-20-14-17;/h2-4,6-7,9,11,17,20H,5,8,10,12-15H2,1H3;1H. The van der Waals surface area contributed by atoms with E-state index in [0.717, 1.165) is 31.5 Å². The zero-order valence-electron chi connectivity index (χ0n) is 15.1. The van der Waals surface area contributed by atoms with Gasteiger partial charge in [-0.15, -0.1) is 12.4 Å². The van der Waals surface area contributed by atoms with Gasteiger partial charge in [0.1, 0.15) is 5.69 Å². The number of ether oxygens (including phenoxy) is 1. The average molecular weight is 379 g/mol. The van der Waals surface area contributed by atoms with Crippen LogP contribution in [0.15, 0.2) is 42.6 Å². The van der Waals surface area contributed by atoms with Gasteiger partial charge in [0.25, 0.3) is 5.91 Å². The van der Waals surface area contributed by atoms with Crippen molar-refractivity contribution in [1.82, 2.24) is 20.0 Å². The summed E-state index contributed by atoms with van der Waals surface area (Å²) in [6.07, 6.45) is 4.16. The Hall–Kier alpha value is -1.89. The zero-order valence-corrected chi connectivity index (χ0v) is 16.0. The van der Waals surface area contributed by atoms with Gasteiger partial charge in [-0.1, -0.05) is 30.3 Å². The molecule has 1 saturated heterocycles. The molecule has 0 saturated carbocycles. The number of carbonyl (C=O) groups is 1. The number of benzene rings is 1. The van der Waals surface area contributed by atoms with Gasteiger partial charge in [0.2, 0.25) is 0 Å². The number of hydrogen-bond acceptors (Lipinski definition) is 4. The van der Waals surface area contributed by atoms with E-state index >= 15 is 0 Å². The highest BCUT2D eigenvalue weighted by Crippen LogP contribution is 2.16. The molecule has 26 heavy (non-hydrogen) atoms. The number of piperidine rings is 1. The fourth-order valence-corrected chi connectivity index (χ4v) is 2.98. The molecule has 0 spiro atoms. The van der Waals surface area contributed by atoms with E-state index in [-0.39, 0.29) is 18.3 Å². The molecule has 1 aromatic carbocycles. The van der Waals surface area contributed by atoms with Crippen LogP contribution < -0.4 is 5.32 Å². The maximum Gasteiger partial charge on any atom is 0.274 e. The molecule has 0 aliphatic carbocycles. The van der Waals surface area contributed by atoms with Crippen molar-refractivity contribution in [1.29, 1.82) is 0 Å². The average Bonchev–Trinajstić information content (AvgIpc) is 3.16. The molecule has 1 fully saturated rings. The summed E-state index contributed by atoms with van der Waals surface area (Å²) in [5.41, 5.74) is 1.63. The second-order valence-corrected chi connectivity index (χ2v) is 6.45. The van der Waals surface area contributed by atoms with E-state index in [1.54, 1.807) is 18.0 Å². The van der Waals surface area contributed by atoms with Crippen molar-refractivity contribution >= 4 is 18.3 Å². The number of halogens is 1. The smallest absolute Gasteiger partial charge is 0.274 e. The van der Waals surface area contributed by atoms with Gasteiger partial charge < -0.3 is 15.0 Å². The third-order valence-corrected chi connectivity index (χ3v) is 4.50. The minimum atomic E-state index is -0.0640. The van der Waals surface area contributed by atoms with E-state index < -0.39 is 0 Å². The lowest BCUT2D eigenvalue weighted by molar-refractivity contribution is 0.0664. The van der Waals surface area contributed by atoms with Gasteiger partial charge in [0.15, 0.2) is 0 Å². The van der Waals surface area contributed by atoms with Crippen molar-refractivity contribution in [3.63, 3.8) is 0 Å². The van der Waals surface area contributed by atoms with Crippen LogP contribution in [0.3, 0.4) is 0 Å². The molecule has 7 heteroatoms. The van der Waals surface area contributed by atoms with Crippen LogP contribution in [-0.4, -0.2) is 53.9 Å². The summed E-state index contributed by atoms with van der Waals surface area (Å²) in [4.78, 5) is 14.1. The van der Waals surface area contributed by atoms with E-state index in [4.69, 9.17) is 4.74 Å². The molecule has 3 rings (SSSR count). The van der Waals surface area contributed by atoms with Gasteiger partial charge in [-0.25, -0.2) is 0 Å². The molecule has 1 aliphatic rings. The Morgan fingerprint density at radius 3 is 2.88 bits per heavy atom.